The number of aryl methyl sites for hydroxylation is 1. The first-order valence-electron chi connectivity index (χ1n) is 6.35. The van der Waals surface area contributed by atoms with E-state index in [9.17, 15) is 0 Å². The van der Waals surface area contributed by atoms with Crippen LogP contribution in [0.5, 0.6) is 0 Å². The van der Waals surface area contributed by atoms with E-state index in [-0.39, 0.29) is 17.9 Å². The number of hydrogen-bond acceptors (Lipinski definition) is 2. The van der Waals surface area contributed by atoms with Gasteiger partial charge in [0, 0.05) is 13.1 Å². The zero-order valence-corrected chi connectivity index (χ0v) is 11.8. The monoisotopic (exact) mass is 274 g/mol. The molecule has 0 atom stereocenters. The van der Waals surface area contributed by atoms with E-state index in [1.54, 1.807) is 0 Å². The summed E-state index contributed by atoms with van der Waals surface area (Å²) >= 11 is 0. The summed E-state index contributed by atoms with van der Waals surface area (Å²) in [5, 5.41) is 3.23. The summed E-state index contributed by atoms with van der Waals surface area (Å²) in [7, 11) is 0. The summed E-state index contributed by atoms with van der Waals surface area (Å²) in [6.45, 7) is 3.85. The Bertz CT molecular complexity index is 542. The van der Waals surface area contributed by atoms with Gasteiger partial charge in [0.15, 0.2) is 0 Å². The number of nitrogens with two attached hydrogens (primary N) is 1. The zero-order valence-electron chi connectivity index (χ0n) is 11.0. The van der Waals surface area contributed by atoms with Gasteiger partial charge < -0.3 is 11.1 Å². The lowest BCUT2D eigenvalue weighted by atomic mass is 9.85. The van der Waals surface area contributed by atoms with Crippen LogP contribution < -0.4 is 11.1 Å². The Hall–Kier alpha value is -1.35. The lowest BCUT2D eigenvalue weighted by molar-refractivity contribution is 0.287. The van der Waals surface area contributed by atoms with Crippen molar-refractivity contribution in [1.29, 1.82) is 0 Å². The third kappa shape index (κ3) is 2.66. The molecule has 2 nitrogen and oxygen atoms in total. The summed E-state index contributed by atoms with van der Waals surface area (Å²) in [6.07, 6.45) is 0. The molecule has 0 spiro atoms. The fraction of sp³-hybridized carbons (Fsp3) is 0.250. The summed E-state index contributed by atoms with van der Waals surface area (Å²) in [6, 6.07) is 17.2. The smallest absolute Gasteiger partial charge is 0.0662 e. The number of benzene rings is 2. The van der Waals surface area contributed by atoms with Crippen molar-refractivity contribution in [2.24, 2.45) is 5.73 Å². The first kappa shape index (κ1) is 14.1. The lowest BCUT2D eigenvalue weighted by Gasteiger charge is -2.39. The summed E-state index contributed by atoms with van der Waals surface area (Å²) in [5.41, 5.74) is 11.1. The van der Waals surface area contributed by atoms with Crippen LogP contribution in [0.3, 0.4) is 0 Å². The van der Waals surface area contributed by atoms with Gasteiger partial charge >= 0.3 is 0 Å². The SMILES string of the molecule is Cc1ccc(-c2ccc(C3(N)CNC3)cc2)cc1.Cl. The van der Waals surface area contributed by atoms with Crippen molar-refractivity contribution < 1.29 is 0 Å². The molecule has 0 bridgehead atoms. The van der Waals surface area contributed by atoms with Gasteiger partial charge in [-0.05, 0) is 23.6 Å². The molecule has 0 unspecified atom stereocenters. The van der Waals surface area contributed by atoms with E-state index >= 15 is 0 Å². The zero-order chi connectivity index (χ0) is 12.6. The maximum Gasteiger partial charge on any atom is 0.0662 e. The van der Waals surface area contributed by atoms with Crippen molar-refractivity contribution in [2.75, 3.05) is 13.1 Å². The van der Waals surface area contributed by atoms with E-state index in [0.717, 1.165) is 13.1 Å². The minimum Gasteiger partial charge on any atom is -0.319 e. The van der Waals surface area contributed by atoms with Crippen LogP contribution in [0.25, 0.3) is 11.1 Å². The van der Waals surface area contributed by atoms with Crippen molar-refractivity contribution in [2.45, 2.75) is 12.5 Å². The Morgan fingerprint density at radius 2 is 1.37 bits per heavy atom. The van der Waals surface area contributed by atoms with Crippen LogP contribution >= 0.6 is 12.4 Å². The molecule has 1 aliphatic rings. The first-order valence-corrected chi connectivity index (χ1v) is 6.35. The normalized spacial score (nSPS) is 16.3. The van der Waals surface area contributed by atoms with Gasteiger partial charge in [-0.2, -0.15) is 0 Å². The van der Waals surface area contributed by atoms with E-state index in [1.165, 1.54) is 22.3 Å². The molecule has 1 saturated heterocycles. The molecule has 3 heteroatoms. The maximum absolute atomic E-state index is 6.27. The van der Waals surface area contributed by atoms with E-state index in [2.05, 4.69) is 60.8 Å². The van der Waals surface area contributed by atoms with Gasteiger partial charge in [0.2, 0.25) is 0 Å². The highest BCUT2D eigenvalue weighted by atomic mass is 35.5. The number of rotatable bonds is 2. The van der Waals surface area contributed by atoms with Crippen molar-refractivity contribution in [1.82, 2.24) is 5.32 Å². The number of halogens is 1. The molecule has 0 amide bonds. The van der Waals surface area contributed by atoms with Crippen LogP contribution in [0.2, 0.25) is 0 Å². The van der Waals surface area contributed by atoms with Crippen molar-refractivity contribution in [3.05, 3.63) is 59.7 Å². The maximum atomic E-state index is 6.27. The van der Waals surface area contributed by atoms with E-state index in [1.807, 2.05) is 0 Å². The van der Waals surface area contributed by atoms with Gasteiger partial charge in [-0.25, -0.2) is 0 Å². The predicted molar refractivity (Wildman–Crippen MR) is 82.6 cm³/mol. The Balaban J connectivity index is 0.00000133. The summed E-state index contributed by atoms with van der Waals surface area (Å²) < 4.78 is 0. The molecule has 3 N–H and O–H groups in total. The average Bonchev–Trinajstić information content (AvgIpc) is 2.37. The second kappa shape index (κ2) is 5.33. The van der Waals surface area contributed by atoms with Crippen LogP contribution in [0.15, 0.2) is 48.5 Å². The molecule has 0 aliphatic carbocycles. The molecule has 1 fully saturated rings. The molecule has 3 rings (SSSR count). The fourth-order valence-electron chi connectivity index (χ4n) is 2.34. The van der Waals surface area contributed by atoms with Crippen molar-refractivity contribution in [3.63, 3.8) is 0 Å². The Morgan fingerprint density at radius 3 is 1.79 bits per heavy atom. The first-order chi connectivity index (χ1) is 8.67. The van der Waals surface area contributed by atoms with Gasteiger partial charge in [-0.1, -0.05) is 54.1 Å². The average molecular weight is 275 g/mol. The molecule has 0 saturated carbocycles. The second-order valence-electron chi connectivity index (χ2n) is 5.20. The quantitative estimate of drug-likeness (QED) is 0.884. The molecular formula is C16H19ClN2. The Morgan fingerprint density at radius 1 is 0.895 bits per heavy atom. The highest BCUT2D eigenvalue weighted by Crippen LogP contribution is 2.26. The van der Waals surface area contributed by atoms with Gasteiger partial charge in [0.1, 0.15) is 0 Å². The highest BCUT2D eigenvalue weighted by Gasteiger charge is 2.33. The second-order valence-corrected chi connectivity index (χ2v) is 5.20. The molecule has 2 aromatic rings. The van der Waals surface area contributed by atoms with Gasteiger partial charge in [0.25, 0.3) is 0 Å². The lowest BCUT2D eigenvalue weighted by Crippen LogP contribution is -2.62. The van der Waals surface area contributed by atoms with Gasteiger partial charge in [0.05, 0.1) is 5.54 Å². The Labute approximate surface area is 120 Å². The molecule has 19 heavy (non-hydrogen) atoms. The summed E-state index contributed by atoms with van der Waals surface area (Å²) in [4.78, 5) is 0. The van der Waals surface area contributed by atoms with Crippen LogP contribution in [0, 0.1) is 6.92 Å². The van der Waals surface area contributed by atoms with E-state index in [0.29, 0.717) is 0 Å². The van der Waals surface area contributed by atoms with Gasteiger partial charge in [-0.15, -0.1) is 12.4 Å². The van der Waals surface area contributed by atoms with Crippen LogP contribution in [0.1, 0.15) is 11.1 Å². The highest BCUT2D eigenvalue weighted by molar-refractivity contribution is 5.85. The number of nitrogens with one attached hydrogen (secondary N) is 1. The predicted octanol–water partition coefficient (Wildman–Crippen LogP) is 2.84. The van der Waals surface area contributed by atoms with Crippen LogP contribution in [0.4, 0.5) is 0 Å². The molecule has 2 aromatic carbocycles. The molecule has 100 valence electrons. The van der Waals surface area contributed by atoms with E-state index < -0.39 is 0 Å². The third-order valence-corrected chi connectivity index (χ3v) is 3.73. The molecule has 1 aliphatic heterocycles. The van der Waals surface area contributed by atoms with E-state index in [4.69, 9.17) is 5.73 Å². The minimum absolute atomic E-state index is 0. The summed E-state index contributed by atoms with van der Waals surface area (Å²) in [5.74, 6) is 0. The van der Waals surface area contributed by atoms with Crippen molar-refractivity contribution >= 4 is 12.4 Å². The molecule has 0 aromatic heterocycles. The largest absolute Gasteiger partial charge is 0.319 e. The topological polar surface area (TPSA) is 38.0 Å². The molecule has 1 heterocycles. The third-order valence-electron chi connectivity index (χ3n) is 3.73. The van der Waals surface area contributed by atoms with Crippen LogP contribution in [-0.2, 0) is 5.54 Å². The molecular weight excluding hydrogens is 256 g/mol. The standard InChI is InChI=1S/C16H18N2.ClH/c1-12-2-4-13(5-3-12)14-6-8-15(9-7-14)16(17)10-18-11-16;/h2-9,18H,10-11,17H2,1H3;1H. The number of hydrogen-bond donors (Lipinski definition) is 2. The fourth-order valence-corrected chi connectivity index (χ4v) is 2.34. The molecule has 0 radical (unpaired) electrons. The van der Waals surface area contributed by atoms with Crippen LogP contribution in [-0.4, -0.2) is 13.1 Å². The minimum atomic E-state index is -0.161. The van der Waals surface area contributed by atoms with Crippen molar-refractivity contribution in [3.8, 4) is 11.1 Å². The Kier molecular flexibility index (Phi) is 3.95. The van der Waals surface area contributed by atoms with Gasteiger partial charge in [-0.3, -0.25) is 0 Å².